The smallest absolute Gasteiger partial charge is 0.224 e. The van der Waals surface area contributed by atoms with Crippen molar-refractivity contribution in [3.63, 3.8) is 0 Å². The average molecular weight is 339 g/mol. The van der Waals surface area contributed by atoms with Crippen molar-refractivity contribution in [3.05, 3.63) is 54.1 Å². The Balaban J connectivity index is 1.57. The van der Waals surface area contributed by atoms with Crippen LogP contribution in [-0.4, -0.2) is 32.1 Å². The molecule has 25 heavy (non-hydrogen) atoms. The molecule has 2 aromatic carbocycles. The molecule has 1 amide bonds. The number of ether oxygens (including phenoxy) is 1. The van der Waals surface area contributed by atoms with Crippen molar-refractivity contribution < 1.29 is 9.53 Å². The topological polar surface area (TPSA) is 67.6 Å². The van der Waals surface area contributed by atoms with E-state index in [2.05, 4.69) is 16.3 Å². The van der Waals surface area contributed by atoms with Crippen molar-refractivity contribution in [1.29, 1.82) is 0 Å². The second-order valence-corrected chi connectivity index (χ2v) is 6.47. The molecule has 5 heteroatoms. The first kappa shape index (κ1) is 17.1. The van der Waals surface area contributed by atoms with Crippen LogP contribution in [-0.2, 0) is 11.2 Å². The summed E-state index contributed by atoms with van der Waals surface area (Å²) in [5.74, 6) is 0.911. The number of carbonyl (C=O) groups is 1. The van der Waals surface area contributed by atoms with Crippen LogP contribution in [0.3, 0.4) is 0 Å². The zero-order chi connectivity index (χ0) is 17.6. The van der Waals surface area contributed by atoms with Crippen LogP contribution in [0.1, 0.15) is 18.4 Å². The number of anilines is 2. The maximum Gasteiger partial charge on any atom is 0.224 e. The molecule has 2 aromatic rings. The highest BCUT2D eigenvalue weighted by atomic mass is 16.5. The maximum atomic E-state index is 12.3. The number of hydrogen-bond acceptors (Lipinski definition) is 4. The third kappa shape index (κ3) is 4.66. The summed E-state index contributed by atoms with van der Waals surface area (Å²) in [6, 6.07) is 15.7. The van der Waals surface area contributed by atoms with Gasteiger partial charge in [-0.3, -0.25) is 4.79 Å². The van der Waals surface area contributed by atoms with Gasteiger partial charge < -0.3 is 20.7 Å². The zero-order valence-corrected chi connectivity index (χ0v) is 14.6. The Morgan fingerprint density at radius 1 is 1.28 bits per heavy atom. The quantitative estimate of drug-likeness (QED) is 0.822. The number of nitrogens with zero attached hydrogens (tertiary/aromatic N) is 1. The highest BCUT2D eigenvalue weighted by Gasteiger charge is 2.22. The lowest BCUT2D eigenvalue weighted by molar-refractivity contribution is -0.121. The Kier molecular flexibility index (Phi) is 5.43. The molecule has 0 spiro atoms. The van der Waals surface area contributed by atoms with Gasteiger partial charge in [0.2, 0.25) is 5.91 Å². The first-order valence-electron chi connectivity index (χ1n) is 8.67. The van der Waals surface area contributed by atoms with Crippen molar-refractivity contribution >= 4 is 17.3 Å². The lowest BCUT2D eigenvalue weighted by Crippen LogP contribution is -2.48. The van der Waals surface area contributed by atoms with Gasteiger partial charge in [-0.05, 0) is 42.7 Å². The van der Waals surface area contributed by atoms with Crippen LogP contribution in [0, 0.1) is 0 Å². The summed E-state index contributed by atoms with van der Waals surface area (Å²) >= 11 is 0. The number of nitrogens with one attached hydrogen (secondary N) is 1. The van der Waals surface area contributed by atoms with E-state index in [1.807, 2.05) is 42.5 Å². The van der Waals surface area contributed by atoms with Crippen LogP contribution in [0.15, 0.2) is 48.5 Å². The number of carbonyl (C=O) groups excluding carboxylic acids is 1. The molecule has 1 saturated heterocycles. The largest absolute Gasteiger partial charge is 0.497 e. The molecule has 0 radical (unpaired) electrons. The van der Waals surface area contributed by atoms with E-state index in [0.29, 0.717) is 12.1 Å². The van der Waals surface area contributed by atoms with Gasteiger partial charge in [-0.1, -0.05) is 18.2 Å². The molecule has 0 saturated carbocycles. The van der Waals surface area contributed by atoms with Crippen LogP contribution in [0.5, 0.6) is 5.75 Å². The Hall–Kier alpha value is -2.69. The van der Waals surface area contributed by atoms with Crippen molar-refractivity contribution in [1.82, 2.24) is 5.32 Å². The number of rotatable bonds is 5. The predicted octanol–water partition coefficient (Wildman–Crippen LogP) is 2.61. The summed E-state index contributed by atoms with van der Waals surface area (Å²) in [5, 5.41) is 3.17. The van der Waals surface area contributed by atoms with Crippen LogP contribution in [0.4, 0.5) is 11.4 Å². The molecule has 132 valence electrons. The summed E-state index contributed by atoms with van der Waals surface area (Å²) in [5.41, 5.74) is 8.51. The van der Waals surface area contributed by atoms with E-state index in [1.54, 1.807) is 7.11 Å². The molecule has 1 unspecified atom stereocenters. The summed E-state index contributed by atoms with van der Waals surface area (Å²) in [4.78, 5) is 14.6. The molecule has 3 N–H and O–H groups in total. The number of amides is 1. The summed E-state index contributed by atoms with van der Waals surface area (Å²) in [7, 11) is 1.68. The Labute approximate surface area is 148 Å². The molecule has 5 nitrogen and oxygen atoms in total. The number of nitrogen functional groups attached to an aromatic ring is 1. The average Bonchev–Trinajstić information content (AvgIpc) is 2.64. The highest BCUT2D eigenvalue weighted by Crippen LogP contribution is 2.24. The Bertz CT molecular complexity index is 715. The van der Waals surface area contributed by atoms with E-state index < -0.39 is 0 Å². The van der Waals surface area contributed by atoms with Crippen molar-refractivity contribution in [3.8, 4) is 5.75 Å². The van der Waals surface area contributed by atoms with Gasteiger partial charge in [0, 0.05) is 36.6 Å². The second-order valence-electron chi connectivity index (χ2n) is 6.47. The minimum Gasteiger partial charge on any atom is -0.497 e. The maximum absolute atomic E-state index is 12.3. The van der Waals surface area contributed by atoms with Crippen molar-refractivity contribution in [2.24, 2.45) is 0 Å². The third-order valence-corrected chi connectivity index (χ3v) is 4.55. The minimum atomic E-state index is 0.0577. The minimum absolute atomic E-state index is 0.0577. The van der Waals surface area contributed by atoms with Crippen molar-refractivity contribution in [2.75, 3.05) is 30.8 Å². The van der Waals surface area contributed by atoms with Crippen LogP contribution in [0.2, 0.25) is 0 Å². The molecule has 1 fully saturated rings. The molecular formula is C20H25N3O2. The summed E-state index contributed by atoms with van der Waals surface area (Å²) in [6.07, 6.45) is 2.45. The third-order valence-electron chi connectivity index (χ3n) is 4.55. The van der Waals surface area contributed by atoms with Crippen LogP contribution < -0.4 is 20.7 Å². The SMILES string of the molecule is COc1cccc(N2CCCC(NC(=O)Cc3ccc(N)cc3)C2)c1. The van der Waals surface area contributed by atoms with Gasteiger partial charge in [-0.15, -0.1) is 0 Å². The second kappa shape index (κ2) is 7.92. The van der Waals surface area contributed by atoms with E-state index in [9.17, 15) is 4.79 Å². The van der Waals surface area contributed by atoms with Gasteiger partial charge >= 0.3 is 0 Å². The number of methoxy groups -OCH3 is 1. The summed E-state index contributed by atoms with van der Waals surface area (Å²) < 4.78 is 5.31. The van der Waals surface area contributed by atoms with Crippen molar-refractivity contribution in [2.45, 2.75) is 25.3 Å². The molecule has 1 aliphatic heterocycles. The molecule has 0 aliphatic carbocycles. The predicted molar refractivity (Wildman–Crippen MR) is 101 cm³/mol. The van der Waals surface area contributed by atoms with Gasteiger partial charge in [-0.25, -0.2) is 0 Å². The molecule has 1 aliphatic rings. The Morgan fingerprint density at radius 2 is 2.08 bits per heavy atom. The molecular weight excluding hydrogens is 314 g/mol. The molecule has 1 heterocycles. The van der Waals surface area contributed by atoms with Gasteiger partial charge in [0.15, 0.2) is 0 Å². The number of hydrogen-bond donors (Lipinski definition) is 2. The fraction of sp³-hybridized carbons (Fsp3) is 0.350. The van der Waals surface area contributed by atoms with E-state index in [4.69, 9.17) is 10.5 Å². The van der Waals surface area contributed by atoms with Crippen LogP contribution >= 0.6 is 0 Å². The molecule has 0 aromatic heterocycles. The lowest BCUT2D eigenvalue weighted by Gasteiger charge is -2.35. The van der Waals surface area contributed by atoms with Gasteiger partial charge in [0.1, 0.15) is 5.75 Å². The van der Waals surface area contributed by atoms with Gasteiger partial charge in [0.05, 0.1) is 13.5 Å². The number of nitrogens with two attached hydrogens (primary N) is 1. The first-order valence-corrected chi connectivity index (χ1v) is 8.67. The fourth-order valence-electron chi connectivity index (χ4n) is 3.24. The van der Waals surface area contributed by atoms with E-state index in [-0.39, 0.29) is 11.9 Å². The van der Waals surface area contributed by atoms with E-state index >= 15 is 0 Å². The molecule has 1 atom stereocenters. The summed E-state index contributed by atoms with van der Waals surface area (Å²) in [6.45, 7) is 1.82. The van der Waals surface area contributed by atoms with Gasteiger partial charge in [-0.2, -0.15) is 0 Å². The fourth-order valence-corrected chi connectivity index (χ4v) is 3.24. The number of benzene rings is 2. The highest BCUT2D eigenvalue weighted by molar-refractivity contribution is 5.79. The molecule has 0 bridgehead atoms. The normalized spacial score (nSPS) is 17.2. The zero-order valence-electron chi connectivity index (χ0n) is 14.6. The van der Waals surface area contributed by atoms with E-state index in [0.717, 1.165) is 42.9 Å². The van der Waals surface area contributed by atoms with Crippen LogP contribution in [0.25, 0.3) is 0 Å². The Morgan fingerprint density at radius 3 is 2.84 bits per heavy atom. The van der Waals surface area contributed by atoms with E-state index in [1.165, 1.54) is 0 Å². The molecule has 3 rings (SSSR count). The standard InChI is InChI=1S/C20H25N3O2/c1-25-19-6-2-5-18(13-19)23-11-3-4-17(14-23)22-20(24)12-15-7-9-16(21)10-8-15/h2,5-10,13,17H,3-4,11-12,14,21H2,1H3,(H,22,24). The monoisotopic (exact) mass is 339 g/mol. The van der Waals surface area contributed by atoms with Gasteiger partial charge in [0.25, 0.3) is 0 Å². The lowest BCUT2D eigenvalue weighted by atomic mass is 10.0. The number of piperidine rings is 1. The first-order chi connectivity index (χ1) is 12.1.